The zero-order chi connectivity index (χ0) is 14.3. The van der Waals surface area contributed by atoms with E-state index in [9.17, 15) is 0 Å². The van der Waals surface area contributed by atoms with Gasteiger partial charge in [-0.1, -0.05) is 23.7 Å². The lowest BCUT2D eigenvalue weighted by molar-refractivity contribution is 0.570. The number of aromatic nitrogens is 2. The molecule has 0 aliphatic heterocycles. The van der Waals surface area contributed by atoms with Gasteiger partial charge in [0.25, 0.3) is 0 Å². The molecule has 0 spiro atoms. The number of hydrogen-bond acceptors (Lipinski definition) is 3. The molecule has 0 saturated heterocycles. The van der Waals surface area contributed by atoms with Gasteiger partial charge in [0, 0.05) is 12.1 Å². The van der Waals surface area contributed by atoms with Gasteiger partial charge in [-0.15, -0.1) is 0 Å². The van der Waals surface area contributed by atoms with E-state index in [-0.39, 0.29) is 5.22 Å². The van der Waals surface area contributed by atoms with E-state index in [2.05, 4.69) is 5.10 Å². The van der Waals surface area contributed by atoms with Gasteiger partial charge >= 0.3 is 0 Å². The first-order chi connectivity index (χ1) is 9.58. The van der Waals surface area contributed by atoms with Crippen LogP contribution in [0.15, 0.2) is 41.0 Å². The third-order valence-electron chi connectivity index (χ3n) is 3.08. The fourth-order valence-corrected chi connectivity index (χ4v) is 2.51. The van der Waals surface area contributed by atoms with Gasteiger partial charge < -0.3 is 10.2 Å². The summed E-state index contributed by atoms with van der Waals surface area (Å²) in [6, 6.07) is 9.20. The lowest BCUT2D eigenvalue weighted by atomic mass is 10.0. The molecule has 0 unspecified atom stereocenters. The number of nitrogen functional groups attached to an aromatic ring is 1. The van der Waals surface area contributed by atoms with E-state index in [0.29, 0.717) is 22.1 Å². The molecule has 0 fully saturated rings. The van der Waals surface area contributed by atoms with E-state index in [1.54, 1.807) is 17.8 Å². The Morgan fingerprint density at radius 1 is 1.25 bits per heavy atom. The summed E-state index contributed by atoms with van der Waals surface area (Å²) in [5.74, 6) is 0.541. The van der Waals surface area contributed by atoms with Crippen LogP contribution in [0.5, 0.6) is 0 Å². The highest BCUT2D eigenvalue weighted by Gasteiger charge is 2.20. The average Bonchev–Trinajstić information content (AvgIpc) is 2.94. The first-order valence-electron chi connectivity index (χ1n) is 5.89. The molecule has 2 heterocycles. The number of nitrogens with two attached hydrogens (primary N) is 1. The summed E-state index contributed by atoms with van der Waals surface area (Å²) in [7, 11) is 1.78. The maximum absolute atomic E-state index is 6.13. The molecule has 2 N–H and O–H groups in total. The fourth-order valence-electron chi connectivity index (χ4n) is 2.12. The molecule has 0 aliphatic carbocycles. The van der Waals surface area contributed by atoms with Crippen molar-refractivity contribution in [2.75, 3.05) is 5.73 Å². The largest absolute Gasteiger partial charge is 0.452 e. The number of hydrogen-bond donors (Lipinski definition) is 1. The van der Waals surface area contributed by atoms with E-state index in [1.807, 2.05) is 24.3 Å². The van der Waals surface area contributed by atoms with Gasteiger partial charge in [-0.3, -0.25) is 4.68 Å². The van der Waals surface area contributed by atoms with Crippen molar-refractivity contribution in [3.8, 4) is 22.4 Å². The summed E-state index contributed by atoms with van der Waals surface area (Å²) in [5, 5.41) is 5.34. The number of halogens is 2. The summed E-state index contributed by atoms with van der Waals surface area (Å²) < 4.78 is 6.74. The Balaban J connectivity index is 2.28. The number of nitrogens with zero attached hydrogens (tertiary/aromatic N) is 2. The molecule has 6 heteroatoms. The van der Waals surface area contributed by atoms with Crippen molar-refractivity contribution in [3.05, 3.63) is 46.8 Å². The van der Waals surface area contributed by atoms with Crippen molar-refractivity contribution in [2.24, 2.45) is 7.05 Å². The molecule has 0 aliphatic rings. The van der Waals surface area contributed by atoms with Gasteiger partial charge in [0.1, 0.15) is 11.5 Å². The third kappa shape index (κ3) is 2.07. The molecular formula is C14H11Cl2N3O. The monoisotopic (exact) mass is 307 g/mol. The molecule has 20 heavy (non-hydrogen) atoms. The lowest BCUT2D eigenvalue weighted by Crippen LogP contribution is -1.97. The Bertz CT molecular complexity index is 777. The second-order valence-electron chi connectivity index (χ2n) is 4.35. The van der Waals surface area contributed by atoms with Gasteiger partial charge in [-0.2, -0.15) is 5.10 Å². The van der Waals surface area contributed by atoms with Gasteiger partial charge in [0.05, 0.1) is 17.4 Å². The van der Waals surface area contributed by atoms with E-state index in [1.165, 1.54) is 6.26 Å². The summed E-state index contributed by atoms with van der Waals surface area (Å²) in [6.45, 7) is 0. The predicted octanol–water partition coefficient (Wildman–Crippen LogP) is 4.24. The highest BCUT2D eigenvalue weighted by molar-refractivity contribution is 6.32. The molecule has 3 rings (SSSR count). The van der Waals surface area contributed by atoms with Gasteiger partial charge in [-0.25, -0.2) is 0 Å². The first kappa shape index (κ1) is 13.1. The maximum Gasteiger partial charge on any atom is 0.202 e. The Kier molecular flexibility index (Phi) is 3.20. The summed E-state index contributed by atoms with van der Waals surface area (Å²) >= 11 is 12.1. The number of furan rings is 1. The smallest absolute Gasteiger partial charge is 0.202 e. The molecule has 3 aromatic rings. The first-order valence-corrected chi connectivity index (χ1v) is 6.65. The van der Waals surface area contributed by atoms with E-state index >= 15 is 0 Å². The Hall–Kier alpha value is -1.91. The summed E-state index contributed by atoms with van der Waals surface area (Å²) in [5.41, 5.74) is 9.18. The second kappa shape index (κ2) is 4.89. The highest BCUT2D eigenvalue weighted by atomic mass is 35.5. The molecule has 4 nitrogen and oxygen atoms in total. The summed E-state index contributed by atoms with van der Waals surface area (Å²) in [4.78, 5) is 0. The number of benzene rings is 1. The molecule has 2 aromatic heterocycles. The van der Waals surface area contributed by atoms with Crippen LogP contribution in [0.25, 0.3) is 22.4 Å². The van der Waals surface area contributed by atoms with Crippen LogP contribution in [0, 0.1) is 0 Å². The van der Waals surface area contributed by atoms with Crippen LogP contribution in [0.2, 0.25) is 10.2 Å². The predicted molar refractivity (Wildman–Crippen MR) is 80.8 cm³/mol. The van der Waals surface area contributed by atoms with E-state index in [4.69, 9.17) is 33.4 Å². The molecule has 1 aromatic carbocycles. The second-order valence-corrected chi connectivity index (χ2v) is 5.13. The van der Waals surface area contributed by atoms with E-state index < -0.39 is 0 Å². The number of anilines is 1. The Labute approximate surface area is 125 Å². The molecule has 0 atom stereocenters. The van der Waals surface area contributed by atoms with Crippen LogP contribution in [0.3, 0.4) is 0 Å². The van der Waals surface area contributed by atoms with Crippen LogP contribution in [0.1, 0.15) is 0 Å². The zero-order valence-electron chi connectivity index (χ0n) is 10.6. The lowest BCUT2D eigenvalue weighted by Gasteiger charge is -2.04. The number of aryl methyl sites for hydroxylation is 1. The average molecular weight is 308 g/mol. The quantitative estimate of drug-likeness (QED) is 0.770. The minimum absolute atomic E-state index is 0.284. The minimum Gasteiger partial charge on any atom is -0.452 e. The van der Waals surface area contributed by atoms with Crippen molar-refractivity contribution in [1.29, 1.82) is 0 Å². The fraction of sp³-hybridized carbons (Fsp3) is 0.0714. The van der Waals surface area contributed by atoms with Crippen LogP contribution in [-0.2, 0) is 7.05 Å². The van der Waals surface area contributed by atoms with Crippen molar-refractivity contribution in [3.63, 3.8) is 0 Å². The zero-order valence-corrected chi connectivity index (χ0v) is 12.1. The van der Waals surface area contributed by atoms with Crippen LogP contribution in [-0.4, -0.2) is 9.78 Å². The topological polar surface area (TPSA) is 57.0 Å². The van der Waals surface area contributed by atoms with Gasteiger partial charge in [-0.05, 0) is 35.4 Å². The molecule has 0 amide bonds. The normalized spacial score (nSPS) is 10.9. The van der Waals surface area contributed by atoms with Gasteiger partial charge in [0.15, 0.2) is 0 Å². The Morgan fingerprint density at radius 2 is 2.05 bits per heavy atom. The standard InChI is InChI=1S/C14H11Cl2N3O/c1-19-14(17)11(8-3-2-4-9(15)7-8)12(18-19)10-5-6-20-13(10)16/h2-7H,17H2,1H3. The molecule has 0 saturated carbocycles. The van der Waals surface area contributed by atoms with E-state index in [0.717, 1.165) is 11.1 Å². The van der Waals surface area contributed by atoms with Crippen molar-refractivity contribution in [1.82, 2.24) is 9.78 Å². The minimum atomic E-state index is 0.284. The third-order valence-corrected chi connectivity index (χ3v) is 3.61. The van der Waals surface area contributed by atoms with Gasteiger partial charge in [0.2, 0.25) is 5.22 Å². The number of rotatable bonds is 2. The van der Waals surface area contributed by atoms with Crippen molar-refractivity contribution in [2.45, 2.75) is 0 Å². The van der Waals surface area contributed by atoms with Crippen molar-refractivity contribution < 1.29 is 4.42 Å². The summed E-state index contributed by atoms with van der Waals surface area (Å²) in [6.07, 6.45) is 1.52. The maximum atomic E-state index is 6.13. The molecule has 102 valence electrons. The Morgan fingerprint density at radius 3 is 2.70 bits per heavy atom. The highest BCUT2D eigenvalue weighted by Crippen LogP contribution is 2.39. The molecule has 0 radical (unpaired) electrons. The SMILES string of the molecule is Cn1nc(-c2ccoc2Cl)c(-c2cccc(Cl)c2)c1N. The van der Waals surface area contributed by atoms with Crippen LogP contribution >= 0.6 is 23.2 Å². The van der Waals surface area contributed by atoms with Crippen molar-refractivity contribution >= 4 is 29.0 Å². The molecule has 0 bridgehead atoms. The molecular weight excluding hydrogens is 297 g/mol. The van der Waals surface area contributed by atoms with Crippen LogP contribution in [0.4, 0.5) is 5.82 Å². The van der Waals surface area contributed by atoms with Crippen LogP contribution < -0.4 is 5.73 Å².